The summed E-state index contributed by atoms with van der Waals surface area (Å²) in [6, 6.07) is 11.4. The zero-order chi connectivity index (χ0) is 20.2. The Morgan fingerprint density at radius 2 is 2.00 bits per heavy atom. The Kier molecular flexibility index (Phi) is 5.94. The molecule has 7 nitrogen and oxygen atoms in total. The summed E-state index contributed by atoms with van der Waals surface area (Å²) >= 11 is 0. The van der Waals surface area contributed by atoms with E-state index in [1.165, 1.54) is 4.68 Å². The molecule has 0 saturated carbocycles. The van der Waals surface area contributed by atoms with Crippen molar-refractivity contribution in [1.29, 1.82) is 0 Å². The van der Waals surface area contributed by atoms with Crippen LogP contribution in [0.4, 0.5) is 5.69 Å². The predicted molar refractivity (Wildman–Crippen MR) is 111 cm³/mol. The average Bonchev–Trinajstić information content (AvgIpc) is 2.71. The number of rotatable bonds is 6. The van der Waals surface area contributed by atoms with Crippen LogP contribution >= 0.6 is 0 Å². The second-order valence-corrected chi connectivity index (χ2v) is 7.86. The first-order valence-corrected chi connectivity index (χ1v) is 10.4. The highest BCUT2D eigenvalue weighted by atomic mass is 16.5. The predicted octanol–water partition coefficient (Wildman–Crippen LogP) is 2.22. The second kappa shape index (κ2) is 8.78. The smallest absolute Gasteiger partial charge is 0.269 e. The van der Waals surface area contributed by atoms with Crippen molar-refractivity contribution in [3.05, 3.63) is 58.5 Å². The van der Waals surface area contributed by atoms with Crippen molar-refractivity contribution in [2.24, 2.45) is 0 Å². The quantitative estimate of drug-likeness (QED) is 0.749. The highest BCUT2D eigenvalue weighted by Crippen LogP contribution is 2.22. The van der Waals surface area contributed by atoms with Crippen molar-refractivity contribution in [3.8, 4) is 0 Å². The van der Waals surface area contributed by atoms with E-state index in [1.807, 2.05) is 30.3 Å². The van der Waals surface area contributed by atoms with Crippen molar-refractivity contribution in [2.45, 2.75) is 44.9 Å². The largest absolute Gasteiger partial charge is 0.370 e. The zero-order valence-corrected chi connectivity index (χ0v) is 16.9. The second-order valence-electron chi connectivity index (χ2n) is 7.86. The minimum atomic E-state index is -0.521. The topological polar surface area (TPSA) is 67.7 Å². The zero-order valence-electron chi connectivity index (χ0n) is 16.9. The Balaban J connectivity index is 1.37. The monoisotopic (exact) mass is 396 g/mol. The third-order valence-electron chi connectivity index (χ3n) is 5.78. The van der Waals surface area contributed by atoms with Crippen LogP contribution < -0.4 is 10.5 Å². The number of piperidine rings is 1. The summed E-state index contributed by atoms with van der Waals surface area (Å²) in [6.07, 6.45) is 4.11. The molecule has 154 valence electrons. The van der Waals surface area contributed by atoms with Gasteiger partial charge in [0, 0.05) is 32.2 Å². The van der Waals surface area contributed by atoms with Crippen LogP contribution in [0, 0.1) is 0 Å². The third-order valence-corrected chi connectivity index (χ3v) is 5.78. The number of aromatic nitrogens is 2. The summed E-state index contributed by atoms with van der Waals surface area (Å²) in [5.74, 6) is -0.0316. The van der Waals surface area contributed by atoms with Gasteiger partial charge in [-0.3, -0.25) is 9.59 Å². The number of benzene rings is 1. The molecule has 2 fully saturated rings. The molecule has 2 aromatic rings. The van der Waals surface area contributed by atoms with Crippen LogP contribution in [0.2, 0.25) is 0 Å². The van der Waals surface area contributed by atoms with E-state index in [2.05, 4.69) is 10.00 Å². The van der Waals surface area contributed by atoms with E-state index in [1.54, 1.807) is 24.1 Å². The maximum absolute atomic E-state index is 12.9. The van der Waals surface area contributed by atoms with Crippen LogP contribution in [0.1, 0.15) is 37.8 Å². The molecule has 0 aliphatic carbocycles. The number of carbonyl (C=O) groups excluding carboxylic acids is 1. The molecular weight excluding hydrogens is 368 g/mol. The first-order chi connectivity index (χ1) is 14.1. The van der Waals surface area contributed by atoms with Crippen molar-refractivity contribution in [3.63, 3.8) is 0 Å². The highest BCUT2D eigenvalue weighted by Gasteiger charge is 2.29. The van der Waals surface area contributed by atoms with Gasteiger partial charge in [0.15, 0.2) is 0 Å². The van der Waals surface area contributed by atoms with Gasteiger partial charge in [-0.1, -0.05) is 30.3 Å². The molecule has 3 heterocycles. The minimum Gasteiger partial charge on any atom is -0.370 e. The molecule has 1 aromatic carbocycles. The molecule has 2 aliphatic rings. The van der Waals surface area contributed by atoms with Gasteiger partial charge in [-0.25, -0.2) is 4.68 Å². The van der Waals surface area contributed by atoms with Gasteiger partial charge in [0.1, 0.15) is 6.10 Å². The van der Waals surface area contributed by atoms with Crippen LogP contribution in [0.15, 0.2) is 47.4 Å². The van der Waals surface area contributed by atoms with Crippen molar-refractivity contribution >= 4 is 11.6 Å². The first kappa shape index (κ1) is 19.6. The fourth-order valence-electron chi connectivity index (χ4n) is 3.91. The molecular formula is C22H28N4O3. The summed E-state index contributed by atoms with van der Waals surface area (Å²) < 4.78 is 7.33. The number of hydrogen-bond acceptors (Lipinski definition) is 5. The fraction of sp³-hybridized carbons (Fsp3) is 0.500. The average molecular weight is 396 g/mol. The van der Waals surface area contributed by atoms with E-state index in [-0.39, 0.29) is 17.5 Å². The summed E-state index contributed by atoms with van der Waals surface area (Å²) in [7, 11) is 0. The van der Waals surface area contributed by atoms with E-state index >= 15 is 0 Å². The molecule has 2 aliphatic heterocycles. The molecule has 1 amide bonds. The molecule has 1 unspecified atom stereocenters. The van der Waals surface area contributed by atoms with Crippen LogP contribution in [0.3, 0.4) is 0 Å². The Bertz CT molecular complexity index is 894. The lowest BCUT2D eigenvalue weighted by Crippen LogP contribution is -2.47. The van der Waals surface area contributed by atoms with E-state index in [9.17, 15) is 9.59 Å². The normalized spacial score (nSPS) is 20.2. The Hall–Kier alpha value is -2.67. The number of hydrogen-bond donors (Lipinski definition) is 0. The van der Waals surface area contributed by atoms with Gasteiger partial charge in [0.2, 0.25) is 0 Å². The maximum atomic E-state index is 12.9. The van der Waals surface area contributed by atoms with Gasteiger partial charge in [0.25, 0.3) is 11.5 Å². The Labute approximate surface area is 170 Å². The lowest BCUT2D eigenvalue weighted by Gasteiger charge is -2.35. The molecule has 0 spiro atoms. The third kappa shape index (κ3) is 4.50. The maximum Gasteiger partial charge on any atom is 0.269 e. The van der Waals surface area contributed by atoms with E-state index in [0.717, 1.165) is 43.6 Å². The Morgan fingerprint density at radius 3 is 2.69 bits per heavy atom. The van der Waals surface area contributed by atoms with Gasteiger partial charge in [0.05, 0.1) is 24.5 Å². The summed E-state index contributed by atoms with van der Waals surface area (Å²) in [5.41, 5.74) is 1.84. The van der Waals surface area contributed by atoms with Crippen LogP contribution in [-0.4, -0.2) is 52.9 Å². The molecule has 2 saturated heterocycles. The van der Waals surface area contributed by atoms with Gasteiger partial charge >= 0.3 is 0 Å². The molecule has 4 rings (SSSR count). The number of nitrogens with zero attached hydrogens (tertiary/aromatic N) is 4. The molecule has 0 radical (unpaired) electrons. The minimum absolute atomic E-state index is 0.0316. The van der Waals surface area contributed by atoms with Crippen molar-refractivity contribution in [2.75, 3.05) is 31.1 Å². The van der Waals surface area contributed by atoms with Gasteiger partial charge in [-0.15, -0.1) is 0 Å². The van der Waals surface area contributed by atoms with Crippen LogP contribution in [-0.2, 0) is 16.1 Å². The number of likely N-dealkylation sites (tertiary alicyclic amines) is 1. The summed E-state index contributed by atoms with van der Waals surface area (Å²) in [5, 5.41) is 4.41. The lowest BCUT2D eigenvalue weighted by molar-refractivity contribution is -0.145. The van der Waals surface area contributed by atoms with E-state index in [4.69, 9.17) is 4.74 Å². The standard InChI is InChI=1S/C22H28N4O3/c1-17(29-16-18-7-3-2-4-8-18)22(28)25-10-5-9-19(15-25)26-21(27)13-20(14-23-26)24-11-6-12-24/h2-4,7-8,13-14,17,19H,5-6,9-12,15-16H2,1H3/t17-,19?/m0/s1. The molecule has 0 N–H and O–H groups in total. The SMILES string of the molecule is C[C@H](OCc1ccccc1)C(=O)N1CCCC(n2ncc(N3CCC3)cc2=O)C1. The van der Waals surface area contributed by atoms with E-state index < -0.39 is 6.10 Å². The van der Waals surface area contributed by atoms with Gasteiger partial charge in [-0.2, -0.15) is 5.10 Å². The number of carbonyl (C=O) groups is 1. The summed E-state index contributed by atoms with van der Waals surface area (Å²) in [6.45, 7) is 5.35. The molecule has 2 atom stereocenters. The number of ether oxygens (including phenoxy) is 1. The highest BCUT2D eigenvalue weighted by molar-refractivity contribution is 5.80. The Morgan fingerprint density at radius 1 is 1.21 bits per heavy atom. The number of anilines is 1. The van der Waals surface area contributed by atoms with Gasteiger partial charge in [-0.05, 0) is 31.7 Å². The van der Waals surface area contributed by atoms with Crippen molar-refractivity contribution < 1.29 is 9.53 Å². The molecule has 29 heavy (non-hydrogen) atoms. The molecule has 1 aromatic heterocycles. The molecule has 7 heteroatoms. The number of amides is 1. The van der Waals surface area contributed by atoms with E-state index in [0.29, 0.717) is 19.7 Å². The molecule has 0 bridgehead atoms. The fourth-order valence-corrected chi connectivity index (χ4v) is 3.91. The van der Waals surface area contributed by atoms with Crippen molar-refractivity contribution in [1.82, 2.24) is 14.7 Å². The van der Waals surface area contributed by atoms with Crippen LogP contribution in [0.25, 0.3) is 0 Å². The summed E-state index contributed by atoms with van der Waals surface area (Å²) in [4.78, 5) is 29.4. The first-order valence-electron chi connectivity index (χ1n) is 10.4. The van der Waals surface area contributed by atoms with Crippen LogP contribution in [0.5, 0.6) is 0 Å². The lowest BCUT2D eigenvalue weighted by atomic mass is 10.1. The van der Waals surface area contributed by atoms with Gasteiger partial charge < -0.3 is 14.5 Å².